The van der Waals surface area contributed by atoms with Crippen LogP contribution in [0.25, 0.3) is 0 Å². The summed E-state index contributed by atoms with van der Waals surface area (Å²) in [4.78, 5) is 0. The summed E-state index contributed by atoms with van der Waals surface area (Å²) in [5, 5.41) is 0. The van der Waals surface area contributed by atoms with Gasteiger partial charge in [-0.2, -0.15) is 0 Å². The highest BCUT2D eigenvalue weighted by molar-refractivity contribution is 5.56. The van der Waals surface area contributed by atoms with E-state index in [-0.39, 0.29) is 17.5 Å². The second kappa shape index (κ2) is 5.91. The molecule has 1 unspecified atom stereocenters. The summed E-state index contributed by atoms with van der Waals surface area (Å²) < 4.78 is 29.4. The molecule has 0 bridgehead atoms. The number of ether oxygens (including phenoxy) is 3. The largest absolute Gasteiger partial charge is 0.494 e. The SMILES string of the molecule is COc1cc(OCC2CCCCO2)c(N)cc1F. The molecule has 0 spiro atoms. The predicted molar refractivity (Wildman–Crippen MR) is 66.5 cm³/mol. The molecule has 1 atom stereocenters. The number of methoxy groups -OCH3 is 1. The first-order chi connectivity index (χ1) is 8.70. The number of halogens is 1. The highest BCUT2D eigenvalue weighted by atomic mass is 19.1. The Morgan fingerprint density at radius 2 is 2.22 bits per heavy atom. The quantitative estimate of drug-likeness (QED) is 0.839. The van der Waals surface area contributed by atoms with Gasteiger partial charge < -0.3 is 19.9 Å². The van der Waals surface area contributed by atoms with Crippen molar-refractivity contribution in [2.24, 2.45) is 0 Å². The molecular weight excluding hydrogens is 237 g/mol. The highest BCUT2D eigenvalue weighted by Gasteiger charge is 2.16. The zero-order valence-corrected chi connectivity index (χ0v) is 10.4. The molecule has 0 radical (unpaired) electrons. The first-order valence-corrected chi connectivity index (χ1v) is 6.08. The Labute approximate surface area is 106 Å². The lowest BCUT2D eigenvalue weighted by Gasteiger charge is -2.23. The Morgan fingerprint density at radius 1 is 1.39 bits per heavy atom. The average molecular weight is 255 g/mol. The maximum atomic E-state index is 13.3. The van der Waals surface area contributed by atoms with Crippen LogP contribution in [0.3, 0.4) is 0 Å². The van der Waals surface area contributed by atoms with E-state index < -0.39 is 5.82 Å². The zero-order chi connectivity index (χ0) is 13.0. The van der Waals surface area contributed by atoms with Gasteiger partial charge in [-0.05, 0) is 19.3 Å². The third-order valence-corrected chi connectivity index (χ3v) is 2.98. The first-order valence-electron chi connectivity index (χ1n) is 6.08. The van der Waals surface area contributed by atoms with Crippen LogP contribution >= 0.6 is 0 Å². The van der Waals surface area contributed by atoms with Gasteiger partial charge >= 0.3 is 0 Å². The summed E-state index contributed by atoms with van der Waals surface area (Å²) in [7, 11) is 1.41. The van der Waals surface area contributed by atoms with Gasteiger partial charge in [0.1, 0.15) is 12.4 Å². The van der Waals surface area contributed by atoms with Crippen LogP contribution in [-0.2, 0) is 4.74 Å². The summed E-state index contributed by atoms with van der Waals surface area (Å²) >= 11 is 0. The number of rotatable bonds is 4. The van der Waals surface area contributed by atoms with Crippen molar-refractivity contribution in [2.75, 3.05) is 26.1 Å². The smallest absolute Gasteiger partial charge is 0.167 e. The van der Waals surface area contributed by atoms with E-state index in [9.17, 15) is 4.39 Å². The van der Waals surface area contributed by atoms with Crippen molar-refractivity contribution in [1.29, 1.82) is 0 Å². The second-order valence-electron chi connectivity index (χ2n) is 4.32. The number of nitrogens with two attached hydrogens (primary N) is 1. The monoisotopic (exact) mass is 255 g/mol. The molecule has 1 aromatic rings. The summed E-state index contributed by atoms with van der Waals surface area (Å²) in [6.07, 6.45) is 3.33. The summed E-state index contributed by atoms with van der Waals surface area (Å²) in [6.45, 7) is 1.20. The third-order valence-electron chi connectivity index (χ3n) is 2.98. The van der Waals surface area contributed by atoms with E-state index in [1.54, 1.807) is 0 Å². The lowest BCUT2D eigenvalue weighted by Crippen LogP contribution is -2.26. The zero-order valence-electron chi connectivity index (χ0n) is 10.4. The fraction of sp³-hybridized carbons (Fsp3) is 0.538. The normalized spacial score (nSPS) is 19.6. The van der Waals surface area contributed by atoms with Crippen LogP contribution in [0, 0.1) is 5.82 Å². The molecule has 1 aromatic carbocycles. The van der Waals surface area contributed by atoms with E-state index in [2.05, 4.69) is 0 Å². The standard InChI is InChI=1S/C13H18FNO3/c1-16-12-7-13(11(15)6-10(12)14)18-8-9-4-2-3-5-17-9/h6-7,9H,2-5,8,15H2,1H3. The van der Waals surface area contributed by atoms with E-state index in [1.165, 1.54) is 19.2 Å². The Kier molecular flexibility index (Phi) is 4.25. The van der Waals surface area contributed by atoms with Crippen LogP contribution in [0.4, 0.5) is 10.1 Å². The second-order valence-corrected chi connectivity index (χ2v) is 4.32. The molecule has 0 aromatic heterocycles. The van der Waals surface area contributed by atoms with Crippen molar-refractivity contribution in [1.82, 2.24) is 0 Å². The van der Waals surface area contributed by atoms with Gasteiger partial charge in [0, 0.05) is 18.7 Å². The molecular formula is C13H18FNO3. The van der Waals surface area contributed by atoms with Gasteiger partial charge in [-0.15, -0.1) is 0 Å². The molecule has 0 amide bonds. The number of nitrogen functional groups attached to an aromatic ring is 1. The lowest BCUT2D eigenvalue weighted by molar-refractivity contribution is -0.0109. The minimum Gasteiger partial charge on any atom is -0.494 e. The molecule has 5 heteroatoms. The van der Waals surface area contributed by atoms with Gasteiger partial charge in [-0.1, -0.05) is 0 Å². The van der Waals surface area contributed by atoms with Crippen molar-refractivity contribution in [2.45, 2.75) is 25.4 Å². The van der Waals surface area contributed by atoms with Gasteiger partial charge in [-0.25, -0.2) is 4.39 Å². The van der Waals surface area contributed by atoms with Gasteiger partial charge in [0.05, 0.1) is 18.9 Å². The molecule has 1 saturated heterocycles. The van der Waals surface area contributed by atoms with Crippen LogP contribution < -0.4 is 15.2 Å². The van der Waals surface area contributed by atoms with Gasteiger partial charge in [0.15, 0.2) is 11.6 Å². The lowest BCUT2D eigenvalue weighted by atomic mass is 10.1. The topological polar surface area (TPSA) is 53.7 Å². The molecule has 2 rings (SSSR count). The third kappa shape index (κ3) is 3.04. The molecule has 1 aliphatic heterocycles. The average Bonchev–Trinajstić information content (AvgIpc) is 2.39. The Morgan fingerprint density at radius 3 is 2.89 bits per heavy atom. The summed E-state index contributed by atoms with van der Waals surface area (Å²) in [5.74, 6) is 0.0717. The number of hydrogen-bond acceptors (Lipinski definition) is 4. The highest BCUT2D eigenvalue weighted by Crippen LogP contribution is 2.30. The van der Waals surface area contributed by atoms with Crippen LogP contribution in [0.1, 0.15) is 19.3 Å². The first kappa shape index (κ1) is 13.0. The van der Waals surface area contributed by atoms with E-state index in [1.807, 2.05) is 0 Å². The molecule has 18 heavy (non-hydrogen) atoms. The van der Waals surface area contributed by atoms with Crippen molar-refractivity contribution < 1.29 is 18.6 Å². The molecule has 1 fully saturated rings. The van der Waals surface area contributed by atoms with Crippen LogP contribution in [0.15, 0.2) is 12.1 Å². The Bertz CT molecular complexity index is 405. The Balaban J connectivity index is 1.99. The molecule has 0 saturated carbocycles. The molecule has 4 nitrogen and oxygen atoms in total. The van der Waals surface area contributed by atoms with Crippen molar-refractivity contribution in [3.63, 3.8) is 0 Å². The van der Waals surface area contributed by atoms with E-state index >= 15 is 0 Å². The van der Waals surface area contributed by atoms with Crippen molar-refractivity contribution in [3.05, 3.63) is 17.9 Å². The van der Waals surface area contributed by atoms with Gasteiger partial charge in [0.2, 0.25) is 0 Å². The van der Waals surface area contributed by atoms with E-state index in [0.29, 0.717) is 12.4 Å². The fourth-order valence-electron chi connectivity index (χ4n) is 1.95. The maximum absolute atomic E-state index is 13.3. The van der Waals surface area contributed by atoms with Crippen LogP contribution in [0.2, 0.25) is 0 Å². The molecule has 100 valence electrons. The minimum absolute atomic E-state index is 0.0918. The fourth-order valence-corrected chi connectivity index (χ4v) is 1.95. The van der Waals surface area contributed by atoms with Crippen molar-refractivity contribution in [3.8, 4) is 11.5 Å². The van der Waals surface area contributed by atoms with Crippen LogP contribution in [-0.4, -0.2) is 26.4 Å². The van der Waals surface area contributed by atoms with Crippen molar-refractivity contribution >= 4 is 5.69 Å². The summed E-state index contributed by atoms with van der Waals surface area (Å²) in [5.41, 5.74) is 5.97. The molecule has 2 N–H and O–H groups in total. The predicted octanol–water partition coefficient (Wildman–Crippen LogP) is 2.36. The minimum atomic E-state index is -0.490. The van der Waals surface area contributed by atoms with Crippen LogP contribution in [0.5, 0.6) is 11.5 Å². The number of benzene rings is 1. The maximum Gasteiger partial charge on any atom is 0.167 e. The van der Waals surface area contributed by atoms with E-state index in [0.717, 1.165) is 25.9 Å². The number of anilines is 1. The van der Waals surface area contributed by atoms with E-state index in [4.69, 9.17) is 19.9 Å². The molecule has 1 aliphatic rings. The Hall–Kier alpha value is -1.49. The van der Waals surface area contributed by atoms with Gasteiger partial charge in [0.25, 0.3) is 0 Å². The van der Waals surface area contributed by atoms with Gasteiger partial charge in [-0.3, -0.25) is 0 Å². The molecule has 0 aliphatic carbocycles. The summed E-state index contributed by atoms with van der Waals surface area (Å²) in [6, 6.07) is 2.67. The molecule has 1 heterocycles. The number of hydrogen-bond donors (Lipinski definition) is 1.